The summed E-state index contributed by atoms with van der Waals surface area (Å²) < 4.78 is 4.21. The first-order valence-corrected chi connectivity index (χ1v) is 7.26. The lowest BCUT2D eigenvalue weighted by Crippen LogP contribution is -2.30. The van der Waals surface area contributed by atoms with E-state index in [1.54, 1.807) is 4.90 Å². The van der Waals surface area contributed by atoms with E-state index in [1.165, 1.54) is 17.1 Å². The molecular formula is C14H18N4OS. The van der Waals surface area contributed by atoms with Crippen molar-refractivity contribution < 1.29 is 4.79 Å². The Morgan fingerprint density at radius 2 is 2.05 bits per heavy atom. The Kier molecular flexibility index (Phi) is 4.68. The maximum absolute atomic E-state index is 12.0. The van der Waals surface area contributed by atoms with Gasteiger partial charge in [-0.1, -0.05) is 24.6 Å². The summed E-state index contributed by atoms with van der Waals surface area (Å²) >= 11 is 1.32. The zero-order valence-corrected chi connectivity index (χ0v) is 12.7. The van der Waals surface area contributed by atoms with Gasteiger partial charge in [0.2, 0.25) is 11.0 Å². The minimum Gasteiger partial charge on any atom is -0.341 e. The second-order valence-corrected chi connectivity index (χ2v) is 5.35. The Morgan fingerprint density at radius 1 is 1.35 bits per heavy atom. The van der Waals surface area contributed by atoms with Crippen molar-refractivity contribution in [3.05, 3.63) is 35.7 Å². The van der Waals surface area contributed by atoms with Crippen LogP contribution in [0, 0.1) is 6.92 Å². The molecule has 0 bridgehead atoms. The van der Waals surface area contributed by atoms with Crippen molar-refractivity contribution >= 4 is 28.3 Å². The van der Waals surface area contributed by atoms with Gasteiger partial charge < -0.3 is 10.2 Å². The van der Waals surface area contributed by atoms with Crippen LogP contribution in [0.4, 0.5) is 10.8 Å². The number of carbonyl (C=O) groups is 1. The van der Waals surface area contributed by atoms with Gasteiger partial charge in [-0.2, -0.15) is 4.37 Å². The number of nitrogens with zero attached hydrogens (tertiary/aromatic N) is 3. The molecule has 1 amide bonds. The molecule has 0 aliphatic heterocycles. The zero-order chi connectivity index (χ0) is 14.5. The molecule has 0 radical (unpaired) electrons. The summed E-state index contributed by atoms with van der Waals surface area (Å²) in [5, 5.41) is 3.63. The number of hydrogen-bond acceptors (Lipinski definition) is 5. The number of hydrogen-bond donors (Lipinski definition) is 1. The highest BCUT2D eigenvalue weighted by molar-refractivity contribution is 7.09. The third kappa shape index (κ3) is 3.77. The SMILES string of the molecule is CCc1nsc(N(C)CC(=O)Nc2ccc(C)cc2)n1. The molecule has 106 valence electrons. The molecule has 5 nitrogen and oxygen atoms in total. The number of aryl methyl sites for hydroxylation is 2. The Morgan fingerprint density at radius 3 is 2.65 bits per heavy atom. The van der Waals surface area contributed by atoms with Gasteiger partial charge in [-0.25, -0.2) is 4.98 Å². The van der Waals surface area contributed by atoms with Crippen molar-refractivity contribution in [3.63, 3.8) is 0 Å². The van der Waals surface area contributed by atoms with Crippen LogP contribution in [0.1, 0.15) is 18.3 Å². The van der Waals surface area contributed by atoms with Crippen molar-refractivity contribution in [2.24, 2.45) is 0 Å². The first kappa shape index (κ1) is 14.5. The van der Waals surface area contributed by atoms with E-state index in [-0.39, 0.29) is 12.5 Å². The molecule has 1 heterocycles. The van der Waals surface area contributed by atoms with Gasteiger partial charge in [0.15, 0.2) is 0 Å². The minimum atomic E-state index is -0.0652. The number of benzene rings is 1. The van der Waals surface area contributed by atoms with Gasteiger partial charge in [0.25, 0.3) is 0 Å². The summed E-state index contributed by atoms with van der Waals surface area (Å²) in [5.41, 5.74) is 1.97. The van der Waals surface area contributed by atoms with Crippen molar-refractivity contribution in [1.82, 2.24) is 9.36 Å². The molecule has 1 aromatic heterocycles. The number of aromatic nitrogens is 2. The zero-order valence-electron chi connectivity index (χ0n) is 11.9. The number of amides is 1. The molecule has 0 fully saturated rings. The van der Waals surface area contributed by atoms with Crippen LogP contribution in [0.15, 0.2) is 24.3 Å². The number of likely N-dealkylation sites (N-methyl/N-ethyl adjacent to an activating group) is 1. The summed E-state index contributed by atoms with van der Waals surface area (Å²) in [4.78, 5) is 18.1. The average Bonchev–Trinajstić information content (AvgIpc) is 2.90. The summed E-state index contributed by atoms with van der Waals surface area (Å²) in [6.45, 7) is 4.28. The van der Waals surface area contributed by atoms with Crippen LogP contribution < -0.4 is 10.2 Å². The van der Waals surface area contributed by atoms with Gasteiger partial charge in [-0.3, -0.25) is 4.79 Å². The van der Waals surface area contributed by atoms with Crippen molar-refractivity contribution in [2.45, 2.75) is 20.3 Å². The molecule has 0 saturated carbocycles. The van der Waals surface area contributed by atoms with Crippen LogP contribution in [-0.4, -0.2) is 28.9 Å². The van der Waals surface area contributed by atoms with Gasteiger partial charge in [-0.15, -0.1) is 0 Å². The second-order valence-electron chi connectivity index (χ2n) is 4.62. The minimum absolute atomic E-state index is 0.0652. The van der Waals surface area contributed by atoms with Crippen LogP contribution >= 0.6 is 11.5 Å². The second kappa shape index (κ2) is 6.47. The Hall–Kier alpha value is -1.95. The Labute approximate surface area is 122 Å². The average molecular weight is 290 g/mol. The van der Waals surface area contributed by atoms with Gasteiger partial charge in [-0.05, 0) is 19.1 Å². The topological polar surface area (TPSA) is 58.1 Å². The molecule has 0 aliphatic carbocycles. The van der Waals surface area contributed by atoms with Crippen molar-refractivity contribution in [3.8, 4) is 0 Å². The molecule has 2 rings (SSSR count). The van der Waals surface area contributed by atoms with E-state index in [9.17, 15) is 4.79 Å². The number of carbonyl (C=O) groups excluding carboxylic acids is 1. The van der Waals surface area contributed by atoms with Crippen LogP contribution in [0.2, 0.25) is 0 Å². The first-order valence-electron chi connectivity index (χ1n) is 6.48. The van der Waals surface area contributed by atoms with Gasteiger partial charge in [0, 0.05) is 30.7 Å². The Bertz CT molecular complexity index is 579. The highest BCUT2D eigenvalue weighted by Crippen LogP contribution is 2.16. The van der Waals surface area contributed by atoms with Crippen LogP contribution in [0.5, 0.6) is 0 Å². The molecule has 0 saturated heterocycles. The lowest BCUT2D eigenvalue weighted by Gasteiger charge is -2.14. The van der Waals surface area contributed by atoms with Crippen molar-refractivity contribution in [2.75, 3.05) is 23.8 Å². The van der Waals surface area contributed by atoms with Gasteiger partial charge in [0.05, 0.1) is 6.54 Å². The molecule has 0 spiro atoms. The van der Waals surface area contributed by atoms with Gasteiger partial charge >= 0.3 is 0 Å². The molecule has 6 heteroatoms. The van der Waals surface area contributed by atoms with Crippen LogP contribution in [-0.2, 0) is 11.2 Å². The van der Waals surface area contributed by atoms with E-state index in [0.717, 1.165) is 23.1 Å². The fourth-order valence-electron chi connectivity index (χ4n) is 1.66. The van der Waals surface area contributed by atoms with Crippen LogP contribution in [0.25, 0.3) is 0 Å². The molecule has 2 aromatic rings. The summed E-state index contributed by atoms with van der Waals surface area (Å²) in [6.07, 6.45) is 0.805. The third-order valence-corrected chi connectivity index (χ3v) is 3.68. The largest absolute Gasteiger partial charge is 0.341 e. The quantitative estimate of drug-likeness (QED) is 0.919. The molecule has 0 aliphatic rings. The van der Waals surface area contributed by atoms with E-state index in [1.807, 2.05) is 45.2 Å². The monoisotopic (exact) mass is 290 g/mol. The van der Waals surface area contributed by atoms with E-state index in [0.29, 0.717) is 0 Å². The van der Waals surface area contributed by atoms with Crippen molar-refractivity contribution in [1.29, 1.82) is 0 Å². The first-order chi connectivity index (χ1) is 9.58. The highest BCUT2D eigenvalue weighted by atomic mass is 32.1. The molecule has 0 unspecified atom stereocenters. The molecular weight excluding hydrogens is 272 g/mol. The number of nitrogens with one attached hydrogen (secondary N) is 1. The molecule has 1 aromatic carbocycles. The normalized spacial score (nSPS) is 10.3. The molecule has 0 atom stereocenters. The molecule has 1 N–H and O–H groups in total. The lowest BCUT2D eigenvalue weighted by atomic mass is 10.2. The summed E-state index contributed by atoms with van der Waals surface area (Å²) in [7, 11) is 1.84. The lowest BCUT2D eigenvalue weighted by molar-refractivity contribution is -0.114. The highest BCUT2D eigenvalue weighted by Gasteiger charge is 2.11. The summed E-state index contributed by atoms with van der Waals surface area (Å²) in [6, 6.07) is 7.73. The van der Waals surface area contributed by atoms with Crippen LogP contribution in [0.3, 0.4) is 0 Å². The van der Waals surface area contributed by atoms with E-state index in [2.05, 4.69) is 14.7 Å². The fraction of sp³-hybridized carbons (Fsp3) is 0.357. The maximum Gasteiger partial charge on any atom is 0.243 e. The number of rotatable bonds is 5. The molecule has 20 heavy (non-hydrogen) atoms. The smallest absolute Gasteiger partial charge is 0.243 e. The standard InChI is InChI=1S/C14H18N4OS/c1-4-12-16-14(20-17-12)18(3)9-13(19)15-11-7-5-10(2)6-8-11/h5-8H,4,9H2,1-3H3,(H,15,19). The van der Waals surface area contributed by atoms with Gasteiger partial charge in [0.1, 0.15) is 5.82 Å². The Balaban J connectivity index is 1.92. The van der Waals surface area contributed by atoms with E-state index < -0.39 is 0 Å². The third-order valence-electron chi connectivity index (χ3n) is 2.82. The maximum atomic E-state index is 12.0. The predicted molar refractivity (Wildman–Crippen MR) is 82.4 cm³/mol. The number of anilines is 2. The van der Waals surface area contributed by atoms with E-state index >= 15 is 0 Å². The fourth-order valence-corrected chi connectivity index (χ4v) is 2.37. The van der Waals surface area contributed by atoms with E-state index in [4.69, 9.17) is 0 Å². The predicted octanol–water partition coefficient (Wildman–Crippen LogP) is 2.48. The summed E-state index contributed by atoms with van der Waals surface area (Å²) in [5.74, 6) is 0.750.